The van der Waals surface area contributed by atoms with Crippen molar-refractivity contribution in [1.29, 1.82) is 0 Å². The molecule has 3 N–H and O–H groups in total. The molecule has 0 unspecified atom stereocenters. The summed E-state index contributed by atoms with van der Waals surface area (Å²) < 4.78 is 5.33. The van der Waals surface area contributed by atoms with Crippen molar-refractivity contribution in [2.24, 2.45) is 5.73 Å². The van der Waals surface area contributed by atoms with E-state index in [0.29, 0.717) is 10.9 Å². The summed E-state index contributed by atoms with van der Waals surface area (Å²) in [6, 6.07) is 6.42. The van der Waals surface area contributed by atoms with E-state index in [1.165, 1.54) is 6.92 Å². The van der Waals surface area contributed by atoms with Crippen LogP contribution in [0.25, 0.3) is 10.9 Å². The second-order valence-corrected chi connectivity index (χ2v) is 6.39. The molecule has 136 valence electrons. The lowest BCUT2D eigenvalue weighted by atomic mass is 9.97. The summed E-state index contributed by atoms with van der Waals surface area (Å²) in [5.41, 5.74) is 7.95. The average molecular weight is 355 g/mol. The zero-order chi connectivity index (χ0) is 18.7. The first kappa shape index (κ1) is 17.8. The number of nitrogens with zero attached hydrogens (tertiary/aromatic N) is 1. The molecule has 1 heterocycles. The number of rotatable bonds is 3. The van der Waals surface area contributed by atoms with Crippen LogP contribution in [0.5, 0.6) is 0 Å². The number of carbonyl (C=O) groups is 3. The maximum atomic E-state index is 12.9. The number of aryl methyl sites for hydroxylation is 1. The van der Waals surface area contributed by atoms with Crippen molar-refractivity contribution in [3.63, 3.8) is 0 Å². The number of carbonyl (C=O) groups excluding carboxylic acids is 3. The summed E-state index contributed by atoms with van der Waals surface area (Å²) in [7, 11) is 0. The molecule has 1 aromatic carbocycles. The van der Waals surface area contributed by atoms with Gasteiger partial charge in [-0.2, -0.15) is 0 Å². The lowest BCUT2D eigenvalue weighted by Crippen LogP contribution is -2.42. The zero-order valence-electron chi connectivity index (χ0n) is 14.6. The first-order valence-electron chi connectivity index (χ1n) is 8.69. The van der Waals surface area contributed by atoms with Crippen molar-refractivity contribution in [2.75, 3.05) is 0 Å². The van der Waals surface area contributed by atoms with E-state index < -0.39 is 24.0 Å². The first-order chi connectivity index (χ1) is 12.5. The van der Waals surface area contributed by atoms with Crippen molar-refractivity contribution in [3.05, 3.63) is 41.1 Å². The van der Waals surface area contributed by atoms with Crippen molar-refractivity contribution in [3.8, 4) is 0 Å². The standard InChI is InChI=1S/C19H21N3O4/c1-11(17(23)22-19(20)25)26-18(24)16-12-7-3-2-4-9-14(12)21-15-10-6-5-8-13(15)16/h5-6,8,10-11H,2-4,7,9H2,1H3,(H3,20,22,23,25)/t11-/m1/s1. The molecule has 0 saturated carbocycles. The van der Waals surface area contributed by atoms with Crippen LogP contribution in [-0.2, 0) is 22.4 Å². The fourth-order valence-electron chi connectivity index (χ4n) is 3.28. The van der Waals surface area contributed by atoms with Gasteiger partial charge in [0.15, 0.2) is 6.10 Å². The highest BCUT2D eigenvalue weighted by Gasteiger charge is 2.26. The number of hydrogen-bond donors (Lipinski definition) is 2. The van der Waals surface area contributed by atoms with E-state index >= 15 is 0 Å². The third-order valence-corrected chi connectivity index (χ3v) is 4.52. The number of ether oxygens (including phenoxy) is 1. The second-order valence-electron chi connectivity index (χ2n) is 6.39. The number of pyridine rings is 1. The number of primary amides is 1. The number of fused-ring (bicyclic) bond motifs is 2. The molecule has 0 bridgehead atoms. The van der Waals surface area contributed by atoms with Gasteiger partial charge in [-0.1, -0.05) is 24.6 Å². The average Bonchev–Trinajstić information content (AvgIpc) is 2.83. The molecule has 7 heteroatoms. The predicted molar refractivity (Wildman–Crippen MR) is 95.6 cm³/mol. The number of esters is 1. The highest BCUT2D eigenvalue weighted by molar-refractivity contribution is 6.06. The summed E-state index contributed by atoms with van der Waals surface area (Å²) in [6.45, 7) is 1.40. The predicted octanol–water partition coefficient (Wildman–Crippen LogP) is 2.24. The summed E-state index contributed by atoms with van der Waals surface area (Å²) >= 11 is 0. The number of nitrogens with two attached hydrogens (primary N) is 1. The van der Waals surface area contributed by atoms with Crippen LogP contribution in [0, 0.1) is 0 Å². The Morgan fingerprint density at radius 3 is 2.65 bits per heavy atom. The summed E-state index contributed by atoms with van der Waals surface area (Å²) in [5.74, 6) is -1.34. The lowest BCUT2D eigenvalue weighted by Gasteiger charge is -2.17. The largest absolute Gasteiger partial charge is 0.449 e. The van der Waals surface area contributed by atoms with E-state index in [1.54, 1.807) is 0 Å². The highest BCUT2D eigenvalue weighted by atomic mass is 16.5. The third kappa shape index (κ3) is 3.66. The van der Waals surface area contributed by atoms with E-state index in [2.05, 4.69) is 0 Å². The maximum Gasteiger partial charge on any atom is 0.339 e. The number of nitrogens with one attached hydrogen (secondary N) is 1. The molecule has 2 aromatic rings. The summed E-state index contributed by atoms with van der Waals surface area (Å²) in [4.78, 5) is 40.3. The van der Waals surface area contributed by atoms with Crippen LogP contribution in [0.3, 0.4) is 0 Å². The molecular formula is C19H21N3O4. The number of hydrogen-bond acceptors (Lipinski definition) is 5. The van der Waals surface area contributed by atoms with Crippen LogP contribution >= 0.6 is 0 Å². The molecule has 1 aliphatic rings. The van der Waals surface area contributed by atoms with Crippen molar-refractivity contribution >= 4 is 28.8 Å². The first-order valence-corrected chi connectivity index (χ1v) is 8.69. The normalized spacial score (nSPS) is 14.8. The molecule has 26 heavy (non-hydrogen) atoms. The molecule has 0 aliphatic heterocycles. The minimum Gasteiger partial charge on any atom is -0.449 e. The molecule has 0 fully saturated rings. The van der Waals surface area contributed by atoms with Gasteiger partial charge in [-0.15, -0.1) is 0 Å². The molecule has 1 aliphatic carbocycles. The Balaban J connectivity index is 2.00. The van der Waals surface area contributed by atoms with Crippen LogP contribution in [0.4, 0.5) is 4.79 Å². The van der Waals surface area contributed by atoms with Gasteiger partial charge >= 0.3 is 12.0 Å². The molecule has 0 radical (unpaired) electrons. The lowest BCUT2D eigenvalue weighted by molar-refractivity contribution is -0.127. The molecular weight excluding hydrogens is 334 g/mol. The van der Waals surface area contributed by atoms with Gasteiger partial charge in [-0.25, -0.2) is 9.59 Å². The summed E-state index contributed by atoms with van der Waals surface area (Å²) in [5, 5.41) is 2.63. The van der Waals surface area contributed by atoms with Gasteiger partial charge in [0.05, 0.1) is 11.1 Å². The van der Waals surface area contributed by atoms with E-state index in [0.717, 1.165) is 48.9 Å². The molecule has 0 spiro atoms. The van der Waals surface area contributed by atoms with Crippen LogP contribution in [0.2, 0.25) is 0 Å². The van der Waals surface area contributed by atoms with Crippen molar-refractivity contribution < 1.29 is 19.1 Å². The van der Waals surface area contributed by atoms with Crippen LogP contribution < -0.4 is 11.1 Å². The van der Waals surface area contributed by atoms with Gasteiger partial charge < -0.3 is 10.5 Å². The van der Waals surface area contributed by atoms with Gasteiger partial charge in [0, 0.05) is 11.1 Å². The third-order valence-electron chi connectivity index (χ3n) is 4.52. The minimum absolute atomic E-state index is 0.464. The molecule has 1 aromatic heterocycles. The topological polar surface area (TPSA) is 111 Å². The minimum atomic E-state index is -1.14. The number of benzene rings is 1. The monoisotopic (exact) mass is 355 g/mol. The van der Waals surface area contributed by atoms with Gasteiger partial charge in [-0.3, -0.25) is 15.1 Å². The number of imide groups is 1. The molecule has 3 rings (SSSR count). The van der Waals surface area contributed by atoms with Crippen molar-refractivity contribution in [1.82, 2.24) is 10.3 Å². The van der Waals surface area contributed by atoms with E-state index in [1.807, 2.05) is 29.6 Å². The van der Waals surface area contributed by atoms with Crippen LogP contribution in [0.1, 0.15) is 47.8 Å². The van der Waals surface area contributed by atoms with E-state index in [4.69, 9.17) is 15.5 Å². The van der Waals surface area contributed by atoms with Crippen molar-refractivity contribution in [2.45, 2.75) is 45.1 Å². The summed E-state index contributed by atoms with van der Waals surface area (Å²) in [6.07, 6.45) is 3.52. The molecule has 7 nitrogen and oxygen atoms in total. The Morgan fingerprint density at radius 1 is 1.15 bits per heavy atom. The Bertz CT molecular complexity index is 878. The number of amides is 3. The van der Waals surface area contributed by atoms with Gasteiger partial charge in [0.25, 0.3) is 5.91 Å². The SMILES string of the molecule is C[C@@H](OC(=O)c1c2c(nc3ccccc13)CCCCC2)C(=O)NC(N)=O. The quantitative estimate of drug-likeness (QED) is 0.648. The fraction of sp³-hybridized carbons (Fsp3) is 0.368. The van der Waals surface area contributed by atoms with E-state index in [9.17, 15) is 14.4 Å². The maximum absolute atomic E-state index is 12.9. The molecule has 3 amide bonds. The van der Waals surface area contributed by atoms with Gasteiger partial charge in [0.2, 0.25) is 0 Å². The Morgan fingerprint density at radius 2 is 1.88 bits per heavy atom. The Labute approximate surface area is 150 Å². The number of aromatic nitrogens is 1. The highest BCUT2D eigenvalue weighted by Crippen LogP contribution is 2.29. The van der Waals surface area contributed by atoms with E-state index in [-0.39, 0.29) is 0 Å². The second kappa shape index (κ2) is 7.51. The molecule has 0 saturated heterocycles. The Hall–Kier alpha value is -2.96. The Kier molecular flexibility index (Phi) is 5.16. The van der Waals surface area contributed by atoms with Gasteiger partial charge in [-0.05, 0) is 44.2 Å². The van der Waals surface area contributed by atoms with Crippen LogP contribution in [0.15, 0.2) is 24.3 Å². The number of para-hydroxylation sites is 1. The van der Waals surface area contributed by atoms with Gasteiger partial charge in [0.1, 0.15) is 0 Å². The number of urea groups is 1. The zero-order valence-corrected chi connectivity index (χ0v) is 14.6. The smallest absolute Gasteiger partial charge is 0.339 e. The molecule has 1 atom stereocenters. The fourth-order valence-corrected chi connectivity index (χ4v) is 3.28. The van der Waals surface area contributed by atoms with Crippen LogP contribution in [-0.4, -0.2) is 29.0 Å².